The van der Waals surface area contributed by atoms with E-state index >= 15 is 0 Å². The first-order valence-electron chi connectivity index (χ1n) is 4.51. The molecular formula is C9H13F3N2. The summed E-state index contributed by atoms with van der Waals surface area (Å²) in [5, 5.41) is 2.24. The topological polar surface area (TPSA) is 24.4 Å². The van der Waals surface area contributed by atoms with E-state index in [9.17, 15) is 13.2 Å². The van der Waals surface area contributed by atoms with Gasteiger partial charge in [-0.1, -0.05) is 13.8 Å². The lowest BCUT2D eigenvalue weighted by Crippen LogP contribution is -2.40. The molecule has 2 nitrogen and oxygen atoms in total. The average Bonchev–Trinajstić information content (AvgIpc) is 2.15. The second-order valence-electron chi connectivity index (χ2n) is 3.34. The Morgan fingerprint density at radius 2 is 2.21 bits per heavy atom. The van der Waals surface area contributed by atoms with Crippen molar-refractivity contribution in [3.8, 4) is 0 Å². The Kier molecular flexibility index (Phi) is 3.18. The van der Waals surface area contributed by atoms with Crippen molar-refractivity contribution >= 4 is 6.21 Å². The van der Waals surface area contributed by atoms with Crippen molar-refractivity contribution in [1.29, 1.82) is 0 Å². The predicted molar refractivity (Wildman–Crippen MR) is 49.0 cm³/mol. The zero-order valence-electron chi connectivity index (χ0n) is 8.10. The summed E-state index contributed by atoms with van der Waals surface area (Å²) in [7, 11) is 0. The molecule has 0 bridgehead atoms. The summed E-state index contributed by atoms with van der Waals surface area (Å²) < 4.78 is 36.4. The number of aliphatic imine (C=N–C) groups is 1. The molecular weight excluding hydrogens is 193 g/mol. The van der Waals surface area contributed by atoms with Crippen LogP contribution >= 0.6 is 0 Å². The summed E-state index contributed by atoms with van der Waals surface area (Å²) in [5.74, 6) is 0.237. The highest BCUT2D eigenvalue weighted by Crippen LogP contribution is 2.24. The van der Waals surface area contributed by atoms with Crippen LogP contribution in [0.3, 0.4) is 0 Å². The highest BCUT2D eigenvalue weighted by atomic mass is 19.4. The number of nitrogens with one attached hydrogen (secondary N) is 1. The highest BCUT2D eigenvalue weighted by Gasteiger charge is 2.39. The van der Waals surface area contributed by atoms with E-state index in [0.29, 0.717) is 0 Å². The van der Waals surface area contributed by atoms with E-state index in [2.05, 4.69) is 10.3 Å². The number of nitrogens with zero attached hydrogens (tertiary/aromatic N) is 1. The Morgan fingerprint density at radius 1 is 1.57 bits per heavy atom. The van der Waals surface area contributed by atoms with Crippen molar-refractivity contribution in [1.82, 2.24) is 5.32 Å². The van der Waals surface area contributed by atoms with Gasteiger partial charge in [0.2, 0.25) is 6.17 Å². The molecule has 0 amide bonds. The van der Waals surface area contributed by atoms with Gasteiger partial charge in [0, 0.05) is 12.4 Å². The second kappa shape index (κ2) is 4.02. The third-order valence-electron chi connectivity index (χ3n) is 2.27. The van der Waals surface area contributed by atoms with Crippen LogP contribution in [0.1, 0.15) is 20.3 Å². The second-order valence-corrected chi connectivity index (χ2v) is 3.34. The van der Waals surface area contributed by atoms with Gasteiger partial charge in [-0.15, -0.1) is 0 Å². The molecule has 1 unspecified atom stereocenters. The van der Waals surface area contributed by atoms with Gasteiger partial charge in [-0.25, -0.2) is 0 Å². The fraction of sp³-hybridized carbons (Fsp3) is 0.667. The fourth-order valence-corrected chi connectivity index (χ4v) is 1.10. The number of hydrogen-bond donors (Lipinski definition) is 1. The highest BCUT2D eigenvalue weighted by molar-refractivity contribution is 5.80. The maximum atomic E-state index is 12.1. The number of allylic oxidation sites excluding steroid dienone is 1. The maximum Gasteiger partial charge on any atom is 0.429 e. The Bertz CT molecular complexity index is 255. The molecule has 0 radical (unpaired) electrons. The molecule has 0 aromatic rings. The summed E-state index contributed by atoms with van der Waals surface area (Å²) in [5.41, 5.74) is 0.813. The maximum absolute atomic E-state index is 12.1. The standard InChI is InChI=1S/C9H13F3N2/c1-3-6(2)7-4-13-8(14-5-7)9(10,11)12/h4-6,8,13H,3H2,1-2H3/t6-,8?/m0/s1. The molecule has 1 N–H and O–H groups in total. The Morgan fingerprint density at radius 3 is 2.57 bits per heavy atom. The summed E-state index contributed by atoms with van der Waals surface area (Å²) in [6, 6.07) is 0. The Balaban J connectivity index is 2.62. The molecule has 0 fully saturated rings. The number of halogens is 3. The minimum absolute atomic E-state index is 0.237. The van der Waals surface area contributed by atoms with Gasteiger partial charge < -0.3 is 5.32 Å². The predicted octanol–water partition coefficient (Wildman–Crippen LogP) is 2.48. The van der Waals surface area contributed by atoms with E-state index in [1.165, 1.54) is 12.4 Å². The van der Waals surface area contributed by atoms with Crippen LogP contribution in [0.25, 0.3) is 0 Å². The molecule has 0 saturated carbocycles. The van der Waals surface area contributed by atoms with E-state index in [-0.39, 0.29) is 5.92 Å². The van der Waals surface area contributed by atoms with E-state index in [1.54, 1.807) is 0 Å². The van der Waals surface area contributed by atoms with Crippen LogP contribution in [0.2, 0.25) is 0 Å². The van der Waals surface area contributed by atoms with Gasteiger partial charge in [0.15, 0.2) is 0 Å². The van der Waals surface area contributed by atoms with Crippen molar-refractivity contribution in [3.63, 3.8) is 0 Å². The molecule has 1 heterocycles. The lowest BCUT2D eigenvalue weighted by Gasteiger charge is -2.22. The molecule has 1 aliphatic heterocycles. The van der Waals surface area contributed by atoms with Crippen LogP contribution in [-0.4, -0.2) is 18.6 Å². The van der Waals surface area contributed by atoms with Crippen LogP contribution in [0.5, 0.6) is 0 Å². The quantitative estimate of drug-likeness (QED) is 0.737. The Labute approximate surface area is 80.9 Å². The van der Waals surface area contributed by atoms with Crippen LogP contribution < -0.4 is 5.32 Å². The van der Waals surface area contributed by atoms with Gasteiger partial charge in [-0.2, -0.15) is 13.2 Å². The molecule has 0 spiro atoms. The van der Waals surface area contributed by atoms with Crippen LogP contribution in [-0.2, 0) is 0 Å². The smallest absolute Gasteiger partial charge is 0.362 e. The van der Waals surface area contributed by atoms with E-state index in [1.807, 2.05) is 13.8 Å². The van der Waals surface area contributed by atoms with E-state index in [4.69, 9.17) is 0 Å². The molecule has 0 aromatic heterocycles. The lowest BCUT2D eigenvalue weighted by atomic mass is 10.00. The van der Waals surface area contributed by atoms with Gasteiger partial charge in [-0.05, 0) is 17.9 Å². The van der Waals surface area contributed by atoms with Crippen molar-refractivity contribution in [3.05, 3.63) is 11.8 Å². The SMILES string of the molecule is CC[C@H](C)C1=CNC(C(F)(F)F)N=C1. The normalized spacial score (nSPS) is 24.1. The summed E-state index contributed by atoms with van der Waals surface area (Å²) in [4.78, 5) is 3.42. The molecule has 5 heteroatoms. The van der Waals surface area contributed by atoms with Crippen LogP contribution in [0, 0.1) is 5.92 Å². The summed E-state index contributed by atoms with van der Waals surface area (Å²) in [6.07, 6.45) is -2.50. The van der Waals surface area contributed by atoms with Crippen molar-refractivity contribution in [2.24, 2.45) is 10.9 Å². The third kappa shape index (κ3) is 2.49. The number of rotatable bonds is 2. The lowest BCUT2D eigenvalue weighted by molar-refractivity contribution is -0.151. The molecule has 1 rings (SSSR count). The summed E-state index contributed by atoms with van der Waals surface area (Å²) >= 11 is 0. The van der Waals surface area contributed by atoms with Crippen LogP contribution in [0.4, 0.5) is 13.2 Å². The van der Waals surface area contributed by atoms with Gasteiger partial charge in [0.25, 0.3) is 0 Å². The zero-order chi connectivity index (χ0) is 10.8. The van der Waals surface area contributed by atoms with Gasteiger partial charge in [0.05, 0.1) is 0 Å². The minimum Gasteiger partial charge on any atom is -0.362 e. The van der Waals surface area contributed by atoms with Crippen molar-refractivity contribution in [2.45, 2.75) is 32.6 Å². The van der Waals surface area contributed by atoms with Crippen molar-refractivity contribution < 1.29 is 13.2 Å². The van der Waals surface area contributed by atoms with Gasteiger partial charge in [-0.3, -0.25) is 4.99 Å². The first-order valence-corrected chi connectivity index (χ1v) is 4.51. The van der Waals surface area contributed by atoms with Gasteiger partial charge in [0.1, 0.15) is 0 Å². The summed E-state index contributed by atoms with van der Waals surface area (Å²) in [6.45, 7) is 3.93. The van der Waals surface area contributed by atoms with Crippen LogP contribution in [0.15, 0.2) is 16.8 Å². The monoisotopic (exact) mass is 206 g/mol. The first-order chi connectivity index (χ1) is 6.45. The molecule has 0 aromatic carbocycles. The Hall–Kier alpha value is -1.00. The molecule has 14 heavy (non-hydrogen) atoms. The molecule has 0 saturated heterocycles. The molecule has 0 aliphatic carbocycles. The van der Waals surface area contributed by atoms with E-state index in [0.717, 1.165) is 12.0 Å². The third-order valence-corrected chi connectivity index (χ3v) is 2.27. The molecule has 1 aliphatic rings. The molecule has 80 valence electrons. The fourth-order valence-electron chi connectivity index (χ4n) is 1.10. The first kappa shape index (κ1) is 11.1. The zero-order valence-corrected chi connectivity index (χ0v) is 8.10. The minimum atomic E-state index is -4.31. The van der Waals surface area contributed by atoms with Crippen molar-refractivity contribution in [2.75, 3.05) is 0 Å². The molecule has 2 atom stereocenters. The number of hydrogen-bond acceptors (Lipinski definition) is 2. The largest absolute Gasteiger partial charge is 0.429 e. The number of alkyl halides is 3. The van der Waals surface area contributed by atoms with E-state index < -0.39 is 12.3 Å². The average molecular weight is 206 g/mol. The van der Waals surface area contributed by atoms with Gasteiger partial charge >= 0.3 is 6.18 Å².